The minimum absolute atomic E-state index is 0.324. The predicted molar refractivity (Wildman–Crippen MR) is 49.7 cm³/mol. The van der Waals surface area contributed by atoms with Crippen LogP contribution in [-0.4, -0.2) is 11.1 Å². The van der Waals surface area contributed by atoms with Gasteiger partial charge in [-0.1, -0.05) is 12.1 Å². The van der Waals surface area contributed by atoms with Crippen LogP contribution >= 0.6 is 0 Å². The Bertz CT molecular complexity index is 394. The molecule has 74 valence electrons. The normalized spacial score (nSPS) is 17.9. The molecule has 0 radical (unpaired) electrons. The zero-order chi connectivity index (χ0) is 10.3. The van der Waals surface area contributed by atoms with E-state index in [1.54, 1.807) is 19.1 Å². The number of hydrogen-bond acceptors (Lipinski definition) is 1. The van der Waals surface area contributed by atoms with Crippen molar-refractivity contribution in [3.05, 3.63) is 35.1 Å². The molecular formula is C11H11FO2. The standard InChI is InChI=1S/C11H11FO2/c1-7-8(3-2-4-9(7)12)11(5-6-11)10(13)14/h2-4H,5-6H2,1H3,(H,13,14). The van der Waals surface area contributed by atoms with E-state index in [4.69, 9.17) is 5.11 Å². The van der Waals surface area contributed by atoms with Gasteiger partial charge in [0.1, 0.15) is 5.82 Å². The fourth-order valence-electron chi connectivity index (χ4n) is 1.85. The highest BCUT2D eigenvalue weighted by atomic mass is 19.1. The van der Waals surface area contributed by atoms with E-state index < -0.39 is 11.4 Å². The third kappa shape index (κ3) is 1.12. The highest BCUT2D eigenvalue weighted by molar-refractivity contribution is 5.85. The Hall–Kier alpha value is -1.38. The summed E-state index contributed by atoms with van der Waals surface area (Å²) >= 11 is 0. The summed E-state index contributed by atoms with van der Waals surface area (Å²) in [4.78, 5) is 11.0. The van der Waals surface area contributed by atoms with Crippen LogP contribution in [0.5, 0.6) is 0 Å². The smallest absolute Gasteiger partial charge is 0.314 e. The van der Waals surface area contributed by atoms with E-state index >= 15 is 0 Å². The molecule has 1 fully saturated rings. The molecule has 0 unspecified atom stereocenters. The van der Waals surface area contributed by atoms with Gasteiger partial charge in [-0.2, -0.15) is 0 Å². The molecule has 1 aromatic carbocycles. The molecule has 1 aromatic rings. The van der Waals surface area contributed by atoms with E-state index in [1.807, 2.05) is 0 Å². The van der Waals surface area contributed by atoms with Gasteiger partial charge in [-0.3, -0.25) is 4.79 Å². The third-order valence-corrected chi connectivity index (χ3v) is 2.94. The first-order valence-electron chi connectivity index (χ1n) is 4.57. The van der Waals surface area contributed by atoms with E-state index in [2.05, 4.69) is 0 Å². The molecule has 0 atom stereocenters. The molecule has 0 heterocycles. The van der Waals surface area contributed by atoms with E-state index in [9.17, 15) is 9.18 Å². The Kier molecular flexibility index (Phi) is 1.84. The van der Waals surface area contributed by atoms with Gasteiger partial charge < -0.3 is 5.11 Å². The largest absolute Gasteiger partial charge is 0.481 e. The van der Waals surface area contributed by atoms with Crippen LogP contribution < -0.4 is 0 Å². The number of carboxylic acids is 1. The Balaban J connectivity index is 2.52. The number of aliphatic carboxylic acids is 1. The summed E-state index contributed by atoms with van der Waals surface area (Å²) in [6.45, 7) is 1.63. The minimum atomic E-state index is -0.841. The summed E-state index contributed by atoms with van der Waals surface area (Å²) in [6.07, 6.45) is 1.24. The van der Waals surface area contributed by atoms with Gasteiger partial charge in [0, 0.05) is 0 Å². The van der Waals surface area contributed by atoms with Crippen molar-refractivity contribution < 1.29 is 14.3 Å². The van der Waals surface area contributed by atoms with Crippen molar-refractivity contribution in [3.63, 3.8) is 0 Å². The van der Waals surface area contributed by atoms with Crippen LogP contribution in [0.15, 0.2) is 18.2 Å². The van der Waals surface area contributed by atoms with Crippen molar-refractivity contribution in [2.45, 2.75) is 25.2 Å². The average Bonchev–Trinajstić information content (AvgIpc) is 2.90. The topological polar surface area (TPSA) is 37.3 Å². The van der Waals surface area contributed by atoms with Gasteiger partial charge in [-0.25, -0.2) is 4.39 Å². The molecule has 3 heteroatoms. The lowest BCUT2D eigenvalue weighted by Gasteiger charge is -2.13. The zero-order valence-corrected chi connectivity index (χ0v) is 7.88. The average molecular weight is 194 g/mol. The maximum absolute atomic E-state index is 13.2. The molecular weight excluding hydrogens is 183 g/mol. The first-order valence-corrected chi connectivity index (χ1v) is 4.57. The van der Waals surface area contributed by atoms with Crippen LogP contribution in [0.4, 0.5) is 4.39 Å². The molecule has 0 spiro atoms. The molecule has 1 N–H and O–H groups in total. The van der Waals surface area contributed by atoms with Gasteiger partial charge in [0.2, 0.25) is 0 Å². The van der Waals surface area contributed by atoms with Crippen LogP contribution in [0.2, 0.25) is 0 Å². The minimum Gasteiger partial charge on any atom is -0.481 e. The molecule has 2 nitrogen and oxygen atoms in total. The number of rotatable bonds is 2. The SMILES string of the molecule is Cc1c(F)cccc1C1(C(=O)O)CC1. The van der Waals surface area contributed by atoms with E-state index in [0.717, 1.165) is 0 Å². The van der Waals surface area contributed by atoms with E-state index in [0.29, 0.717) is 24.0 Å². The second kappa shape index (κ2) is 2.80. The fraction of sp³-hybridized carbons (Fsp3) is 0.364. The molecule has 1 saturated carbocycles. The number of halogens is 1. The van der Waals surface area contributed by atoms with Crippen LogP contribution in [-0.2, 0) is 10.2 Å². The first kappa shape index (κ1) is 9.19. The molecule has 14 heavy (non-hydrogen) atoms. The van der Waals surface area contributed by atoms with Crippen molar-refractivity contribution in [3.8, 4) is 0 Å². The monoisotopic (exact) mass is 194 g/mol. The zero-order valence-electron chi connectivity index (χ0n) is 7.88. The van der Waals surface area contributed by atoms with Gasteiger partial charge >= 0.3 is 5.97 Å². The summed E-state index contributed by atoms with van der Waals surface area (Å²) in [5, 5.41) is 9.05. The van der Waals surface area contributed by atoms with Gasteiger partial charge in [0.05, 0.1) is 5.41 Å². The Morgan fingerprint density at radius 1 is 1.50 bits per heavy atom. The Labute approximate surface area is 81.4 Å². The number of hydrogen-bond donors (Lipinski definition) is 1. The van der Waals surface area contributed by atoms with Crippen LogP contribution in [0.25, 0.3) is 0 Å². The van der Waals surface area contributed by atoms with Crippen molar-refractivity contribution in [2.24, 2.45) is 0 Å². The molecule has 0 aliphatic heterocycles. The van der Waals surface area contributed by atoms with Gasteiger partial charge in [-0.15, -0.1) is 0 Å². The Morgan fingerprint density at radius 2 is 2.14 bits per heavy atom. The first-order chi connectivity index (χ1) is 6.58. The third-order valence-electron chi connectivity index (χ3n) is 2.94. The summed E-state index contributed by atoms with van der Waals surface area (Å²) in [6, 6.07) is 4.64. The van der Waals surface area contributed by atoms with Crippen molar-refractivity contribution >= 4 is 5.97 Å². The lowest BCUT2D eigenvalue weighted by Crippen LogP contribution is -2.21. The quantitative estimate of drug-likeness (QED) is 0.784. The molecule has 0 saturated heterocycles. The molecule has 1 aliphatic rings. The van der Waals surface area contributed by atoms with Gasteiger partial charge in [-0.05, 0) is 37.0 Å². The number of benzene rings is 1. The molecule has 0 aromatic heterocycles. The van der Waals surface area contributed by atoms with Gasteiger partial charge in [0.15, 0.2) is 0 Å². The second-order valence-corrected chi connectivity index (χ2v) is 3.80. The van der Waals surface area contributed by atoms with Gasteiger partial charge in [0.25, 0.3) is 0 Å². The second-order valence-electron chi connectivity index (χ2n) is 3.80. The van der Waals surface area contributed by atoms with Crippen molar-refractivity contribution in [1.29, 1.82) is 0 Å². The summed E-state index contributed by atoms with van der Waals surface area (Å²) in [7, 11) is 0. The Morgan fingerprint density at radius 3 is 2.64 bits per heavy atom. The van der Waals surface area contributed by atoms with Crippen LogP contribution in [0, 0.1) is 12.7 Å². The molecule has 1 aliphatic carbocycles. The summed E-state index contributed by atoms with van der Waals surface area (Å²) in [5.74, 6) is -1.17. The number of carbonyl (C=O) groups is 1. The fourth-order valence-corrected chi connectivity index (χ4v) is 1.85. The molecule has 2 rings (SSSR count). The highest BCUT2D eigenvalue weighted by Crippen LogP contribution is 2.49. The maximum atomic E-state index is 13.2. The lowest BCUT2D eigenvalue weighted by atomic mass is 9.92. The van der Waals surface area contributed by atoms with Crippen molar-refractivity contribution in [2.75, 3.05) is 0 Å². The summed E-state index contributed by atoms with van der Waals surface area (Å²) < 4.78 is 13.2. The highest BCUT2D eigenvalue weighted by Gasteiger charge is 2.52. The molecule has 0 amide bonds. The van der Waals surface area contributed by atoms with Crippen LogP contribution in [0.1, 0.15) is 24.0 Å². The van der Waals surface area contributed by atoms with Crippen molar-refractivity contribution in [1.82, 2.24) is 0 Å². The summed E-state index contributed by atoms with van der Waals surface area (Å²) in [5.41, 5.74) is 0.295. The molecule has 0 bridgehead atoms. The number of carboxylic acid groups (broad SMARTS) is 1. The maximum Gasteiger partial charge on any atom is 0.314 e. The van der Waals surface area contributed by atoms with E-state index in [1.165, 1.54) is 6.07 Å². The lowest BCUT2D eigenvalue weighted by molar-refractivity contribution is -0.140. The van der Waals surface area contributed by atoms with Crippen LogP contribution in [0.3, 0.4) is 0 Å². The van der Waals surface area contributed by atoms with E-state index in [-0.39, 0.29) is 5.82 Å². The predicted octanol–water partition coefficient (Wildman–Crippen LogP) is 2.25.